The fraction of sp³-hybridized carbons (Fsp3) is 0.263. The molecule has 1 aliphatic rings. The third-order valence-corrected chi connectivity index (χ3v) is 8.45. The number of methoxy groups -OCH3 is 3. The van der Waals surface area contributed by atoms with E-state index in [0.29, 0.717) is 47.5 Å². The SMILES string of the molecule is COc1cc(CNC(=O)[C@]2(C/C=C/c3ccccc3)N=C(c3ccc(OCCCO)cc3)O[C@@H]2c2ccc(Br)cc2)cc(OC)c1OC. The van der Waals surface area contributed by atoms with E-state index in [0.717, 1.165) is 21.2 Å². The Morgan fingerprint density at radius 3 is 2.27 bits per heavy atom. The van der Waals surface area contributed by atoms with Gasteiger partial charge in [-0.15, -0.1) is 0 Å². The van der Waals surface area contributed by atoms with Gasteiger partial charge < -0.3 is 34.1 Å². The smallest absolute Gasteiger partial charge is 0.252 e. The second-order valence-electron chi connectivity index (χ2n) is 11.1. The molecule has 0 bridgehead atoms. The third-order valence-electron chi connectivity index (χ3n) is 7.92. The molecule has 0 radical (unpaired) electrons. The summed E-state index contributed by atoms with van der Waals surface area (Å²) in [5.41, 5.74) is 1.92. The van der Waals surface area contributed by atoms with Crippen molar-refractivity contribution in [2.75, 3.05) is 34.5 Å². The number of hydrogen-bond acceptors (Lipinski definition) is 8. The van der Waals surface area contributed by atoms with Crippen LogP contribution in [0.15, 0.2) is 107 Å². The predicted molar refractivity (Wildman–Crippen MR) is 189 cm³/mol. The summed E-state index contributed by atoms with van der Waals surface area (Å²) in [5, 5.41) is 12.2. The fourth-order valence-corrected chi connectivity index (χ4v) is 5.73. The number of aliphatic hydroxyl groups excluding tert-OH is 1. The number of amides is 1. The quantitative estimate of drug-likeness (QED) is 0.129. The first-order valence-electron chi connectivity index (χ1n) is 15.6. The number of halogens is 1. The minimum Gasteiger partial charge on any atom is -0.494 e. The zero-order valence-corrected chi connectivity index (χ0v) is 28.7. The highest BCUT2D eigenvalue weighted by atomic mass is 79.9. The second kappa shape index (κ2) is 16.3. The van der Waals surface area contributed by atoms with Gasteiger partial charge in [0.2, 0.25) is 11.6 Å². The standard InChI is InChI=1S/C38H39BrN2O7/c1-44-32-23-27(24-33(45-2)34(32)46-3)25-40-37(43)38(20-7-11-26-9-5-4-6-10-26)35(28-12-16-30(39)17-13-28)48-36(41-38)29-14-18-31(19-15-29)47-22-8-21-42/h4-7,9-19,23-24,35,42H,8,20-22,25H2,1-3H3,(H,40,43)/b11-7+/t35-,38-/m1/s1. The van der Waals surface area contributed by atoms with Crippen LogP contribution in [0.1, 0.15) is 41.2 Å². The molecular weight excluding hydrogens is 676 g/mol. The molecule has 0 aliphatic carbocycles. The summed E-state index contributed by atoms with van der Waals surface area (Å²) >= 11 is 3.53. The Labute approximate surface area is 289 Å². The van der Waals surface area contributed by atoms with Gasteiger partial charge in [0.05, 0.1) is 27.9 Å². The second-order valence-corrected chi connectivity index (χ2v) is 12.0. The van der Waals surface area contributed by atoms with Crippen LogP contribution in [0.4, 0.5) is 0 Å². The van der Waals surface area contributed by atoms with Crippen molar-refractivity contribution in [2.45, 2.75) is 31.0 Å². The molecule has 1 heterocycles. The molecular formula is C38H39BrN2O7. The van der Waals surface area contributed by atoms with Crippen LogP contribution in [0.2, 0.25) is 0 Å². The first kappa shape index (κ1) is 34.5. The Balaban J connectivity index is 1.53. The van der Waals surface area contributed by atoms with Crippen molar-refractivity contribution in [3.63, 3.8) is 0 Å². The average molecular weight is 716 g/mol. The van der Waals surface area contributed by atoms with Crippen LogP contribution in [0.3, 0.4) is 0 Å². The van der Waals surface area contributed by atoms with Crippen molar-refractivity contribution in [1.82, 2.24) is 5.32 Å². The van der Waals surface area contributed by atoms with Gasteiger partial charge >= 0.3 is 0 Å². The third kappa shape index (κ3) is 8.00. The van der Waals surface area contributed by atoms with Crippen LogP contribution in [0.5, 0.6) is 23.0 Å². The molecule has 10 heteroatoms. The maximum atomic E-state index is 14.6. The van der Waals surface area contributed by atoms with Crippen LogP contribution in [-0.4, -0.2) is 57.0 Å². The molecule has 4 aromatic carbocycles. The molecule has 2 atom stereocenters. The van der Waals surface area contributed by atoms with Gasteiger partial charge in [0.25, 0.3) is 5.91 Å². The lowest BCUT2D eigenvalue weighted by Gasteiger charge is -2.30. The molecule has 0 aromatic heterocycles. The molecule has 0 saturated carbocycles. The number of carbonyl (C=O) groups excluding carboxylic acids is 1. The Morgan fingerprint density at radius 1 is 0.958 bits per heavy atom. The van der Waals surface area contributed by atoms with Crippen LogP contribution < -0.4 is 24.3 Å². The summed E-state index contributed by atoms with van der Waals surface area (Å²) in [6.07, 6.45) is 4.01. The first-order valence-corrected chi connectivity index (χ1v) is 16.3. The number of rotatable bonds is 15. The van der Waals surface area contributed by atoms with Gasteiger partial charge in [0, 0.05) is 36.0 Å². The normalized spacial score (nSPS) is 17.0. The fourth-order valence-electron chi connectivity index (χ4n) is 5.46. The summed E-state index contributed by atoms with van der Waals surface area (Å²) in [5.74, 6) is 2.15. The van der Waals surface area contributed by atoms with Crippen molar-refractivity contribution in [3.8, 4) is 23.0 Å². The molecule has 0 spiro atoms. The number of nitrogens with zero attached hydrogens (tertiary/aromatic N) is 1. The lowest BCUT2D eigenvalue weighted by molar-refractivity contribution is -0.129. The average Bonchev–Trinajstić information content (AvgIpc) is 3.51. The van der Waals surface area contributed by atoms with Gasteiger partial charge in [-0.25, -0.2) is 4.99 Å². The van der Waals surface area contributed by atoms with Crippen LogP contribution in [0.25, 0.3) is 6.08 Å². The summed E-state index contributed by atoms with van der Waals surface area (Å²) in [6.45, 7) is 0.641. The van der Waals surface area contributed by atoms with E-state index < -0.39 is 11.6 Å². The molecule has 0 unspecified atom stereocenters. The van der Waals surface area contributed by atoms with Crippen molar-refractivity contribution in [3.05, 3.63) is 124 Å². The van der Waals surface area contributed by atoms with Gasteiger partial charge in [-0.3, -0.25) is 4.79 Å². The van der Waals surface area contributed by atoms with Gasteiger partial charge in [0.1, 0.15) is 5.75 Å². The number of aliphatic imine (C=N–C) groups is 1. The van der Waals surface area contributed by atoms with E-state index >= 15 is 0 Å². The lowest BCUT2D eigenvalue weighted by atomic mass is 9.84. The number of carbonyl (C=O) groups is 1. The van der Waals surface area contributed by atoms with E-state index in [4.69, 9.17) is 33.8 Å². The van der Waals surface area contributed by atoms with Crippen molar-refractivity contribution >= 4 is 33.8 Å². The van der Waals surface area contributed by atoms with E-state index in [-0.39, 0.29) is 25.5 Å². The zero-order valence-electron chi connectivity index (χ0n) is 27.1. The van der Waals surface area contributed by atoms with Crippen molar-refractivity contribution in [2.24, 2.45) is 4.99 Å². The maximum Gasteiger partial charge on any atom is 0.252 e. The van der Waals surface area contributed by atoms with Crippen molar-refractivity contribution < 1.29 is 33.6 Å². The van der Waals surface area contributed by atoms with Gasteiger partial charge in [-0.1, -0.05) is 70.5 Å². The van der Waals surface area contributed by atoms with Crippen LogP contribution in [-0.2, 0) is 16.1 Å². The van der Waals surface area contributed by atoms with E-state index in [9.17, 15) is 4.79 Å². The lowest BCUT2D eigenvalue weighted by Crippen LogP contribution is -2.47. The molecule has 9 nitrogen and oxygen atoms in total. The summed E-state index contributed by atoms with van der Waals surface area (Å²) < 4.78 is 29.8. The van der Waals surface area contributed by atoms with Gasteiger partial charge in [0.15, 0.2) is 23.1 Å². The number of ether oxygens (including phenoxy) is 5. The molecule has 2 N–H and O–H groups in total. The number of hydrogen-bond donors (Lipinski definition) is 2. The predicted octanol–water partition coefficient (Wildman–Crippen LogP) is 6.91. The minimum atomic E-state index is -1.36. The molecule has 1 amide bonds. The molecule has 48 heavy (non-hydrogen) atoms. The van der Waals surface area contributed by atoms with Gasteiger partial charge in [-0.05, 0) is 65.2 Å². The van der Waals surface area contributed by atoms with E-state index in [1.807, 2.05) is 91.0 Å². The molecule has 0 saturated heterocycles. The molecule has 4 aromatic rings. The van der Waals surface area contributed by atoms with Crippen molar-refractivity contribution in [1.29, 1.82) is 0 Å². The van der Waals surface area contributed by atoms with E-state index in [2.05, 4.69) is 21.2 Å². The minimum absolute atomic E-state index is 0.0581. The number of aliphatic hydroxyl groups is 1. The Morgan fingerprint density at radius 2 is 1.65 bits per heavy atom. The Kier molecular flexibility index (Phi) is 11.8. The molecule has 1 aliphatic heterocycles. The Bertz CT molecular complexity index is 1700. The summed E-state index contributed by atoms with van der Waals surface area (Å²) in [6, 6.07) is 28.6. The van der Waals surface area contributed by atoms with E-state index in [1.54, 1.807) is 33.5 Å². The summed E-state index contributed by atoms with van der Waals surface area (Å²) in [7, 11) is 4.65. The highest BCUT2D eigenvalue weighted by Crippen LogP contribution is 2.44. The van der Waals surface area contributed by atoms with E-state index in [1.165, 1.54) is 0 Å². The monoisotopic (exact) mass is 714 g/mol. The van der Waals surface area contributed by atoms with Crippen LogP contribution >= 0.6 is 15.9 Å². The zero-order chi connectivity index (χ0) is 33.9. The molecule has 0 fully saturated rings. The maximum absolute atomic E-state index is 14.6. The first-order chi connectivity index (χ1) is 23.4. The van der Waals surface area contributed by atoms with Crippen LogP contribution in [0, 0.1) is 0 Å². The molecule has 250 valence electrons. The summed E-state index contributed by atoms with van der Waals surface area (Å²) in [4.78, 5) is 19.7. The Hall–Kier alpha value is -4.80. The highest BCUT2D eigenvalue weighted by molar-refractivity contribution is 9.10. The van der Waals surface area contributed by atoms with Gasteiger partial charge in [-0.2, -0.15) is 0 Å². The largest absolute Gasteiger partial charge is 0.494 e. The number of benzene rings is 4. The molecule has 5 rings (SSSR count). The topological polar surface area (TPSA) is 108 Å². The number of nitrogens with one attached hydrogen (secondary N) is 1. The highest BCUT2D eigenvalue weighted by Gasteiger charge is 2.52.